The SMILES string of the molecule is COc1cc([C@@H]2Nc3c(ccc(C(=O)O)c3C)[C@@H]3C=CC[C@@H]32)cc(Br)c1OCc1ccc(Cl)cc1. The topological polar surface area (TPSA) is 67.8 Å². The zero-order valence-electron chi connectivity index (χ0n) is 19.3. The number of carbonyl (C=O) groups is 1. The largest absolute Gasteiger partial charge is 0.493 e. The van der Waals surface area contributed by atoms with Crippen LogP contribution in [0, 0.1) is 12.8 Å². The molecule has 3 aromatic carbocycles. The molecule has 0 fully saturated rings. The zero-order valence-corrected chi connectivity index (χ0v) is 21.7. The standard InChI is InChI=1S/C28H25BrClNO4/c1-15-19(28(32)33)10-11-22-20-4-3-5-21(20)26(31-25(15)22)17-12-23(29)27(24(13-17)34-2)35-14-16-6-8-18(30)9-7-16/h3-4,6-13,20-21,26,31H,5,14H2,1-2H3,(H,32,33)/t20-,21+,26+/m1/s1. The smallest absolute Gasteiger partial charge is 0.336 e. The second kappa shape index (κ2) is 9.59. The molecule has 0 saturated heterocycles. The van der Waals surface area contributed by atoms with Crippen LogP contribution in [0.5, 0.6) is 11.5 Å². The lowest BCUT2D eigenvalue weighted by Crippen LogP contribution is -2.30. The Morgan fingerprint density at radius 1 is 1.20 bits per heavy atom. The fourth-order valence-corrected chi connectivity index (χ4v) is 5.87. The number of nitrogens with one attached hydrogen (secondary N) is 1. The van der Waals surface area contributed by atoms with Crippen LogP contribution < -0.4 is 14.8 Å². The first-order valence-corrected chi connectivity index (χ1v) is 12.6. The molecule has 1 aliphatic heterocycles. The molecule has 3 atom stereocenters. The summed E-state index contributed by atoms with van der Waals surface area (Å²) in [5.41, 5.74) is 5.18. The maximum atomic E-state index is 11.7. The summed E-state index contributed by atoms with van der Waals surface area (Å²) < 4.78 is 12.6. The van der Waals surface area contributed by atoms with E-state index in [0.717, 1.165) is 38.8 Å². The molecule has 3 aromatic rings. The summed E-state index contributed by atoms with van der Waals surface area (Å²) in [5, 5.41) is 14.0. The second-order valence-electron chi connectivity index (χ2n) is 8.93. The maximum absolute atomic E-state index is 11.7. The van der Waals surface area contributed by atoms with Crippen LogP contribution in [0.3, 0.4) is 0 Å². The second-order valence-corrected chi connectivity index (χ2v) is 10.2. The monoisotopic (exact) mass is 553 g/mol. The number of anilines is 1. The molecule has 5 rings (SSSR count). The average Bonchev–Trinajstić information content (AvgIpc) is 3.34. The summed E-state index contributed by atoms with van der Waals surface area (Å²) in [6, 6.07) is 15.3. The predicted molar refractivity (Wildman–Crippen MR) is 141 cm³/mol. The Kier molecular flexibility index (Phi) is 6.51. The quantitative estimate of drug-likeness (QED) is 0.308. The highest BCUT2D eigenvalue weighted by Crippen LogP contribution is 2.52. The molecule has 7 heteroatoms. The molecule has 0 unspecified atom stereocenters. The van der Waals surface area contributed by atoms with Crippen molar-refractivity contribution in [1.82, 2.24) is 0 Å². The number of fused-ring (bicyclic) bond motifs is 3. The van der Waals surface area contributed by atoms with Gasteiger partial charge in [-0.2, -0.15) is 0 Å². The average molecular weight is 555 g/mol. The Morgan fingerprint density at radius 2 is 1.97 bits per heavy atom. The van der Waals surface area contributed by atoms with Crippen molar-refractivity contribution >= 4 is 39.2 Å². The van der Waals surface area contributed by atoms with Crippen molar-refractivity contribution in [3.63, 3.8) is 0 Å². The summed E-state index contributed by atoms with van der Waals surface area (Å²) >= 11 is 9.68. The Hall–Kier alpha value is -2.96. The number of halogens is 2. The van der Waals surface area contributed by atoms with E-state index in [4.69, 9.17) is 21.1 Å². The van der Waals surface area contributed by atoms with Crippen molar-refractivity contribution in [2.45, 2.75) is 31.9 Å². The molecule has 35 heavy (non-hydrogen) atoms. The minimum atomic E-state index is -0.917. The summed E-state index contributed by atoms with van der Waals surface area (Å²) in [5.74, 6) is 0.889. The highest BCUT2D eigenvalue weighted by atomic mass is 79.9. The number of hydrogen-bond acceptors (Lipinski definition) is 4. The van der Waals surface area contributed by atoms with Gasteiger partial charge in [-0.05, 0) is 87.8 Å². The molecular formula is C28H25BrClNO4. The van der Waals surface area contributed by atoms with Crippen molar-refractivity contribution in [2.75, 3.05) is 12.4 Å². The van der Waals surface area contributed by atoms with E-state index in [1.807, 2.05) is 43.3 Å². The number of rotatable bonds is 6. The van der Waals surface area contributed by atoms with Crippen LogP contribution in [0.25, 0.3) is 0 Å². The number of allylic oxidation sites excluding steroid dienone is 2. The van der Waals surface area contributed by atoms with Crippen LogP contribution in [0.1, 0.15) is 51.0 Å². The van der Waals surface area contributed by atoms with Gasteiger partial charge in [0.05, 0.1) is 23.2 Å². The fourth-order valence-electron chi connectivity index (χ4n) is 5.17. The Bertz CT molecular complexity index is 1320. The van der Waals surface area contributed by atoms with Crippen molar-refractivity contribution in [3.05, 3.63) is 98.0 Å². The molecule has 2 N–H and O–H groups in total. The maximum Gasteiger partial charge on any atom is 0.336 e. The van der Waals surface area contributed by atoms with E-state index in [-0.39, 0.29) is 12.0 Å². The van der Waals surface area contributed by atoms with Gasteiger partial charge < -0.3 is 19.9 Å². The molecule has 0 aromatic heterocycles. The molecular weight excluding hydrogens is 530 g/mol. The van der Waals surface area contributed by atoms with Crippen LogP contribution in [0.15, 0.2) is 65.2 Å². The van der Waals surface area contributed by atoms with E-state index >= 15 is 0 Å². The number of methoxy groups -OCH3 is 1. The lowest BCUT2D eigenvalue weighted by Gasteiger charge is -2.39. The van der Waals surface area contributed by atoms with Crippen molar-refractivity contribution in [3.8, 4) is 11.5 Å². The molecule has 180 valence electrons. The van der Waals surface area contributed by atoms with Gasteiger partial charge in [-0.15, -0.1) is 0 Å². The summed E-state index contributed by atoms with van der Waals surface area (Å²) in [6.45, 7) is 2.25. The molecule has 2 aliphatic rings. The van der Waals surface area contributed by atoms with Gasteiger partial charge in [-0.1, -0.05) is 42.0 Å². The highest BCUT2D eigenvalue weighted by Gasteiger charge is 2.39. The highest BCUT2D eigenvalue weighted by molar-refractivity contribution is 9.10. The molecule has 0 saturated carbocycles. The van der Waals surface area contributed by atoms with E-state index in [1.54, 1.807) is 13.2 Å². The third-order valence-electron chi connectivity index (χ3n) is 6.94. The van der Waals surface area contributed by atoms with Crippen LogP contribution >= 0.6 is 27.5 Å². The van der Waals surface area contributed by atoms with Crippen LogP contribution in [-0.2, 0) is 6.61 Å². The van der Waals surface area contributed by atoms with Gasteiger partial charge in [-0.25, -0.2) is 4.79 Å². The Labute approximate surface area is 217 Å². The van der Waals surface area contributed by atoms with Crippen LogP contribution in [0.4, 0.5) is 5.69 Å². The lowest BCUT2D eigenvalue weighted by atomic mass is 9.76. The number of benzene rings is 3. The van der Waals surface area contributed by atoms with Gasteiger partial charge in [0.25, 0.3) is 0 Å². The molecule has 1 aliphatic carbocycles. The van der Waals surface area contributed by atoms with Crippen molar-refractivity contribution < 1.29 is 19.4 Å². The number of aromatic carboxylic acids is 1. The Morgan fingerprint density at radius 3 is 2.69 bits per heavy atom. The predicted octanol–water partition coefficient (Wildman–Crippen LogP) is 7.52. The van der Waals surface area contributed by atoms with Crippen molar-refractivity contribution in [2.24, 2.45) is 5.92 Å². The summed E-state index contributed by atoms with van der Waals surface area (Å²) in [4.78, 5) is 11.7. The molecule has 5 nitrogen and oxygen atoms in total. The molecule has 0 spiro atoms. The summed E-state index contributed by atoms with van der Waals surface area (Å²) in [7, 11) is 1.63. The molecule has 1 heterocycles. The van der Waals surface area contributed by atoms with E-state index in [9.17, 15) is 9.90 Å². The van der Waals surface area contributed by atoms with Gasteiger partial charge in [0.1, 0.15) is 6.61 Å². The van der Waals surface area contributed by atoms with Gasteiger partial charge in [0.15, 0.2) is 11.5 Å². The minimum Gasteiger partial charge on any atom is -0.493 e. The number of carboxylic acids is 1. The molecule has 0 radical (unpaired) electrons. The molecule has 0 bridgehead atoms. The fraction of sp³-hybridized carbons (Fsp3) is 0.250. The van der Waals surface area contributed by atoms with Gasteiger partial charge in [0.2, 0.25) is 0 Å². The van der Waals surface area contributed by atoms with E-state index in [1.165, 1.54) is 0 Å². The third-order valence-corrected chi connectivity index (χ3v) is 7.78. The van der Waals surface area contributed by atoms with Crippen LogP contribution in [0.2, 0.25) is 5.02 Å². The van der Waals surface area contributed by atoms with Gasteiger partial charge >= 0.3 is 5.97 Å². The zero-order chi connectivity index (χ0) is 24.7. The first-order valence-electron chi connectivity index (χ1n) is 11.4. The normalized spacial score (nSPS) is 20.1. The lowest BCUT2D eigenvalue weighted by molar-refractivity contribution is 0.0696. The number of carboxylic acid groups (broad SMARTS) is 1. The third kappa shape index (κ3) is 4.41. The number of ether oxygens (including phenoxy) is 2. The van der Waals surface area contributed by atoms with Crippen LogP contribution in [-0.4, -0.2) is 18.2 Å². The molecule has 0 amide bonds. The van der Waals surface area contributed by atoms with E-state index in [0.29, 0.717) is 34.6 Å². The summed E-state index contributed by atoms with van der Waals surface area (Å²) in [6.07, 6.45) is 5.40. The Balaban J connectivity index is 1.49. The van der Waals surface area contributed by atoms with E-state index < -0.39 is 5.97 Å². The van der Waals surface area contributed by atoms with Crippen molar-refractivity contribution in [1.29, 1.82) is 0 Å². The van der Waals surface area contributed by atoms with Gasteiger partial charge in [-0.3, -0.25) is 0 Å². The first kappa shape index (κ1) is 23.8. The van der Waals surface area contributed by atoms with E-state index in [2.05, 4.69) is 39.5 Å². The minimum absolute atomic E-state index is 0.0132. The first-order chi connectivity index (χ1) is 16.9. The number of hydrogen-bond donors (Lipinski definition) is 2. The van der Waals surface area contributed by atoms with Gasteiger partial charge in [0, 0.05) is 16.6 Å².